The molecule has 0 saturated heterocycles. The van der Waals surface area contributed by atoms with Crippen molar-refractivity contribution in [3.8, 4) is 11.3 Å². The number of aryl methyl sites for hydroxylation is 2. The minimum absolute atomic E-state index is 0.209. The van der Waals surface area contributed by atoms with Crippen molar-refractivity contribution < 1.29 is 4.79 Å². The summed E-state index contributed by atoms with van der Waals surface area (Å²) in [5.41, 5.74) is 5.16. The zero-order valence-electron chi connectivity index (χ0n) is 18.2. The number of para-hydroxylation sites is 1. The molecule has 0 saturated carbocycles. The summed E-state index contributed by atoms with van der Waals surface area (Å²) in [4.78, 5) is 26.5. The van der Waals surface area contributed by atoms with Crippen LogP contribution in [0.2, 0.25) is 0 Å². The molecule has 0 radical (unpaired) electrons. The normalized spacial score (nSPS) is 10.8. The van der Waals surface area contributed by atoms with E-state index in [1.807, 2.05) is 80.6 Å². The Morgan fingerprint density at radius 2 is 1.67 bits per heavy atom. The van der Waals surface area contributed by atoms with Crippen LogP contribution >= 0.6 is 11.3 Å². The fraction of sp³-hybridized carbons (Fsp3) is 0.0769. The van der Waals surface area contributed by atoms with E-state index in [1.54, 1.807) is 12.1 Å². The number of rotatable bonds is 5. The molecule has 2 aromatic heterocycles. The van der Waals surface area contributed by atoms with E-state index in [-0.39, 0.29) is 5.91 Å². The number of aromatic nitrogens is 3. The quantitative estimate of drug-likeness (QED) is 0.325. The first kappa shape index (κ1) is 20.8. The van der Waals surface area contributed by atoms with E-state index < -0.39 is 0 Å². The van der Waals surface area contributed by atoms with E-state index in [4.69, 9.17) is 0 Å². The van der Waals surface area contributed by atoms with Crippen LogP contribution < -0.4 is 10.6 Å². The minimum atomic E-state index is -0.209. The fourth-order valence-corrected chi connectivity index (χ4v) is 4.52. The second-order valence-corrected chi connectivity index (χ2v) is 8.68. The molecule has 2 heterocycles. The molecule has 33 heavy (non-hydrogen) atoms. The van der Waals surface area contributed by atoms with Crippen molar-refractivity contribution in [2.45, 2.75) is 13.8 Å². The van der Waals surface area contributed by atoms with Gasteiger partial charge in [-0.15, -0.1) is 0 Å². The van der Waals surface area contributed by atoms with Gasteiger partial charge in [0, 0.05) is 22.9 Å². The lowest BCUT2D eigenvalue weighted by atomic mass is 10.1. The minimum Gasteiger partial charge on any atom is -0.340 e. The topological polar surface area (TPSA) is 79.8 Å². The third-order valence-corrected chi connectivity index (χ3v) is 6.08. The number of nitrogens with zero attached hydrogens (tertiary/aromatic N) is 3. The van der Waals surface area contributed by atoms with Crippen LogP contribution in [0.1, 0.15) is 21.7 Å². The van der Waals surface area contributed by atoms with Gasteiger partial charge < -0.3 is 5.32 Å². The van der Waals surface area contributed by atoms with E-state index in [2.05, 4.69) is 25.6 Å². The Kier molecular flexibility index (Phi) is 5.54. The second kappa shape index (κ2) is 8.80. The largest absolute Gasteiger partial charge is 0.340 e. The number of anilines is 3. The number of benzene rings is 3. The van der Waals surface area contributed by atoms with E-state index in [0.29, 0.717) is 22.3 Å². The molecule has 2 N–H and O–H groups in total. The molecule has 1 amide bonds. The predicted molar refractivity (Wildman–Crippen MR) is 134 cm³/mol. The Bertz CT molecular complexity index is 1460. The maximum atomic E-state index is 12.9. The number of carbonyl (C=O) groups excluding carboxylic acids is 1. The highest BCUT2D eigenvalue weighted by atomic mass is 32.1. The molecule has 0 spiro atoms. The van der Waals surface area contributed by atoms with E-state index in [9.17, 15) is 4.79 Å². The Labute approximate surface area is 195 Å². The van der Waals surface area contributed by atoms with Gasteiger partial charge in [-0.2, -0.15) is 0 Å². The van der Waals surface area contributed by atoms with Gasteiger partial charge in [-0.1, -0.05) is 59.9 Å². The molecule has 162 valence electrons. The lowest BCUT2D eigenvalue weighted by Gasteiger charge is -2.10. The number of carbonyl (C=O) groups is 1. The molecule has 0 aliphatic rings. The van der Waals surface area contributed by atoms with Crippen molar-refractivity contribution >= 4 is 44.1 Å². The molecule has 0 atom stereocenters. The maximum Gasteiger partial charge on any atom is 0.257 e. The monoisotopic (exact) mass is 451 g/mol. The van der Waals surface area contributed by atoms with Gasteiger partial charge >= 0.3 is 0 Å². The van der Waals surface area contributed by atoms with Crippen LogP contribution in [0.4, 0.5) is 16.6 Å². The van der Waals surface area contributed by atoms with Crippen LogP contribution in [-0.4, -0.2) is 20.9 Å². The van der Waals surface area contributed by atoms with Crippen LogP contribution in [-0.2, 0) is 0 Å². The molecule has 0 bridgehead atoms. The van der Waals surface area contributed by atoms with Gasteiger partial charge in [-0.25, -0.2) is 15.0 Å². The first-order chi connectivity index (χ1) is 16.0. The maximum absolute atomic E-state index is 12.9. The van der Waals surface area contributed by atoms with E-state index in [1.165, 1.54) is 11.3 Å². The number of hydrogen-bond donors (Lipinski definition) is 2. The number of amides is 1. The molecule has 3 aromatic carbocycles. The molecule has 6 nitrogen and oxygen atoms in total. The van der Waals surface area contributed by atoms with Gasteiger partial charge in [0.05, 0.1) is 15.9 Å². The van der Waals surface area contributed by atoms with E-state index in [0.717, 1.165) is 32.7 Å². The Morgan fingerprint density at radius 1 is 0.848 bits per heavy atom. The van der Waals surface area contributed by atoms with Gasteiger partial charge in [0.2, 0.25) is 0 Å². The molecule has 0 fully saturated rings. The zero-order valence-corrected chi connectivity index (χ0v) is 19.0. The SMILES string of the molecule is Cc1nc(Nc2cccc(C(=O)Nc3nc4c(C)cccc4s3)c2)cc(-c2ccccc2)n1. The van der Waals surface area contributed by atoms with Gasteiger partial charge in [-0.3, -0.25) is 10.1 Å². The predicted octanol–water partition coefficient (Wildman–Crippen LogP) is 6.37. The smallest absolute Gasteiger partial charge is 0.257 e. The van der Waals surface area contributed by atoms with Crippen LogP contribution in [0.25, 0.3) is 21.5 Å². The highest BCUT2D eigenvalue weighted by Gasteiger charge is 2.12. The lowest BCUT2D eigenvalue weighted by molar-refractivity contribution is 0.102. The molecular formula is C26H21N5OS. The van der Waals surface area contributed by atoms with Crippen molar-refractivity contribution in [3.05, 3.63) is 95.8 Å². The van der Waals surface area contributed by atoms with Crippen LogP contribution in [0.3, 0.4) is 0 Å². The molecule has 7 heteroatoms. The first-order valence-corrected chi connectivity index (χ1v) is 11.3. The molecule has 0 aliphatic carbocycles. The summed E-state index contributed by atoms with van der Waals surface area (Å²) in [6.07, 6.45) is 0. The lowest BCUT2D eigenvalue weighted by Crippen LogP contribution is -2.11. The third kappa shape index (κ3) is 4.58. The Morgan fingerprint density at radius 3 is 2.48 bits per heavy atom. The van der Waals surface area contributed by atoms with Crippen LogP contribution in [0, 0.1) is 13.8 Å². The van der Waals surface area contributed by atoms with Crippen molar-refractivity contribution in [2.75, 3.05) is 10.6 Å². The Balaban J connectivity index is 1.36. The molecular weight excluding hydrogens is 430 g/mol. The summed E-state index contributed by atoms with van der Waals surface area (Å²) in [5, 5.41) is 6.80. The fourth-order valence-electron chi connectivity index (χ4n) is 3.58. The average Bonchev–Trinajstić information content (AvgIpc) is 3.23. The third-order valence-electron chi connectivity index (χ3n) is 5.15. The summed E-state index contributed by atoms with van der Waals surface area (Å²) in [6.45, 7) is 3.88. The van der Waals surface area contributed by atoms with Gasteiger partial charge in [0.15, 0.2) is 5.13 Å². The summed E-state index contributed by atoms with van der Waals surface area (Å²) in [6, 6.07) is 25.2. The molecule has 5 aromatic rings. The number of hydrogen-bond acceptors (Lipinski definition) is 6. The van der Waals surface area contributed by atoms with Gasteiger partial charge in [0.1, 0.15) is 11.6 Å². The van der Waals surface area contributed by atoms with Crippen molar-refractivity contribution in [3.63, 3.8) is 0 Å². The van der Waals surface area contributed by atoms with Crippen LogP contribution in [0.5, 0.6) is 0 Å². The second-order valence-electron chi connectivity index (χ2n) is 7.65. The Hall–Kier alpha value is -4.10. The van der Waals surface area contributed by atoms with Gasteiger partial charge in [-0.05, 0) is 43.7 Å². The van der Waals surface area contributed by atoms with Gasteiger partial charge in [0.25, 0.3) is 5.91 Å². The van der Waals surface area contributed by atoms with Crippen molar-refractivity contribution in [1.29, 1.82) is 0 Å². The molecule has 0 aliphatic heterocycles. The number of nitrogens with one attached hydrogen (secondary N) is 2. The highest BCUT2D eigenvalue weighted by molar-refractivity contribution is 7.22. The highest BCUT2D eigenvalue weighted by Crippen LogP contribution is 2.28. The molecule has 5 rings (SSSR count). The molecule has 0 unspecified atom stereocenters. The standard InChI is InChI=1S/C26H21N5OS/c1-16-8-6-13-22-24(16)30-26(33-22)31-25(32)19-11-7-12-20(14-19)29-23-15-21(27-17(2)28-23)18-9-4-3-5-10-18/h3-15H,1-2H3,(H,27,28,29)(H,30,31,32). The summed E-state index contributed by atoms with van der Waals surface area (Å²) >= 11 is 1.47. The van der Waals surface area contributed by atoms with E-state index >= 15 is 0 Å². The average molecular weight is 452 g/mol. The van der Waals surface area contributed by atoms with Crippen molar-refractivity contribution in [1.82, 2.24) is 15.0 Å². The number of thiazole rings is 1. The van der Waals surface area contributed by atoms with Crippen LogP contribution in [0.15, 0.2) is 78.9 Å². The summed E-state index contributed by atoms with van der Waals surface area (Å²) in [5.74, 6) is 1.12. The van der Waals surface area contributed by atoms with Crippen molar-refractivity contribution in [2.24, 2.45) is 0 Å². The first-order valence-electron chi connectivity index (χ1n) is 10.5. The number of fused-ring (bicyclic) bond motifs is 1. The summed E-state index contributed by atoms with van der Waals surface area (Å²) in [7, 11) is 0. The summed E-state index contributed by atoms with van der Waals surface area (Å²) < 4.78 is 1.05. The zero-order chi connectivity index (χ0) is 22.8.